The van der Waals surface area contributed by atoms with Crippen molar-refractivity contribution >= 4 is 17.5 Å². The van der Waals surface area contributed by atoms with Gasteiger partial charge in [-0.2, -0.15) is 0 Å². The molecule has 6 atom stereocenters. The van der Waals surface area contributed by atoms with E-state index in [2.05, 4.69) is 0 Å². The summed E-state index contributed by atoms with van der Waals surface area (Å²) in [6.07, 6.45) is -3.04. The molecule has 11 heteroatoms. The van der Waals surface area contributed by atoms with E-state index < -0.39 is 76.6 Å². The van der Waals surface area contributed by atoms with E-state index in [0.29, 0.717) is 0 Å². The first-order valence-electron chi connectivity index (χ1n) is 12.8. The number of esters is 1. The summed E-state index contributed by atoms with van der Waals surface area (Å²) in [6.45, 7) is 4.70. The second-order valence-electron chi connectivity index (χ2n) is 10.5. The molecule has 0 radical (unpaired) electrons. The number of ketones is 2. The lowest BCUT2D eigenvalue weighted by atomic mass is 9.72. The van der Waals surface area contributed by atoms with Gasteiger partial charge in [-0.05, 0) is 19.4 Å². The van der Waals surface area contributed by atoms with Crippen LogP contribution in [-0.2, 0) is 25.4 Å². The minimum absolute atomic E-state index is 0.0108. The zero-order valence-electron chi connectivity index (χ0n) is 21.8. The summed E-state index contributed by atoms with van der Waals surface area (Å²) >= 11 is 0. The zero-order valence-corrected chi connectivity index (χ0v) is 21.8. The number of carbonyl (C=O) groups excluding carboxylic acids is 3. The first-order valence-corrected chi connectivity index (χ1v) is 12.8. The molecule has 1 heterocycles. The van der Waals surface area contributed by atoms with Crippen LogP contribution in [-0.4, -0.2) is 68.1 Å². The third kappa shape index (κ3) is 4.35. The lowest BCUT2D eigenvalue weighted by molar-refractivity contribution is -0.251. The van der Waals surface area contributed by atoms with Gasteiger partial charge in [-0.3, -0.25) is 14.4 Å². The number of rotatable bonds is 4. The standard InChI is InChI=1S/C28H31NO10/c1-4-28(36)9-14-20(17(10-28)39-18-8-15(29)27(11(2)37-18)38-12(3)30)26(35)22-21(24(14)33)23(32)13-6-5-7-16(31)19(13)25(22)34/h5-7,11,15,17-18,27,31,33,35-36H,4,8-10,29H2,1-3H3/t11-,15-,17-,18-,27+,28-/m0/s1. The molecule has 1 aliphatic heterocycles. The zero-order chi connectivity index (χ0) is 28.4. The Balaban J connectivity index is 1.59. The normalized spacial score (nSPS) is 29.8. The second kappa shape index (κ2) is 9.60. The Kier molecular flexibility index (Phi) is 6.66. The van der Waals surface area contributed by atoms with Gasteiger partial charge in [0, 0.05) is 48.9 Å². The highest BCUT2D eigenvalue weighted by Crippen LogP contribution is 2.52. The average molecular weight is 542 g/mol. The number of aromatic hydroxyl groups is 3. The van der Waals surface area contributed by atoms with E-state index in [0.717, 1.165) is 0 Å². The minimum atomic E-state index is -1.36. The molecule has 0 amide bonds. The smallest absolute Gasteiger partial charge is 0.303 e. The number of nitrogens with two attached hydrogens (primary N) is 1. The largest absolute Gasteiger partial charge is 0.507 e. The number of ether oxygens (including phenoxy) is 3. The molecule has 0 bridgehead atoms. The lowest BCUT2D eigenvalue weighted by Crippen LogP contribution is -2.54. The predicted octanol–water partition coefficient (Wildman–Crippen LogP) is 2.12. The highest BCUT2D eigenvalue weighted by molar-refractivity contribution is 6.31. The SMILES string of the molecule is CC[C@]1(O)Cc2c(O)c3c(c(O)c2[C@@H](O[C@H]2C[C@H](N)[C@H](OC(C)=O)[C@H](C)O2)C1)C(=O)c1c(O)cccc1C3=O. The topological polar surface area (TPSA) is 186 Å². The summed E-state index contributed by atoms with van der Waals surface area (Å²) in [5.74, 6) is -3.59. The Hall–Kier alpha value is -3.51. The van der Waals surface area contributed by atoms with Crippen LogP contribution in [0.5, 0.6) is 17.2 Å². The molecule has 1 saturated heterocycles. The van der Waals surface area contributed by atoms with Gasteiger partial charge in [-0.1, -0.05) is 19.1 Å². The highest BCUT2D eigenvalue weighted by atomic mass is 16.7. The maximum Gasteiger partial charge on any atom is 0.303 e. The number of aliphatic hydroxyl groups is 1. The number of carbonyl (C=O) groups is 3. The third-order valence-corrected chi connectivity index (χ3v) is 7.94. The second-order valence-corrected chi connectivity index (χ2v) is 10.5. The Morgan fingerprint density at radius 1 is 1.13 bits per heavy atom. The molecule has 2 aliphatic carbocycles. The van der Waals surface area contributed by atoms with Crippen LogP contribution in [0.1, 0.15) is 89.1 Å². The summed E-state index contributed by atoms with van der Waals surface area (Å²) in [7, 11) is 0. The molecule has 1 fully saturated rings. The molecular formula is C28H31NO10. The van der Waals surface area contributed by atoms with Crippen molar-refractivity contribution in [2.75, 3.05) is 0 Å². The quantitative estimate of drug-likeness (QED) is 0.241. The van der Waals surface area contributed by atoms with Crippen LogP contribution in [0.2, 0.25) is 0 Å². The summed E-state index contributed by atoms with van der Waals surface area (Å²) in [5, 5.41) is 44.4. The number of benzene rings is 2. The van der Waals surface area contributed by atoms with Gasteiger partial charge in [0.05, 0.1) is 34.5 Å². The number of phenolic OH excluding ortho intramolecular Hbond substituents is 3. The van der Waals surface area contributed by atoms with Gasteiger partial charge in [-0.25, -0.2) is 0 Å². The van der Waals surface area contributed by atoms with E-state index in [1.807, 2.05) is 0 Å². The Labute approximate surface area is 224 Å². The summed E-state index contributed by atoms with van der Waals surface area (Å²) in [5.41, 5.74) is 3.82. The van der Waals surface area contributed by atoms with E-state index in [1.54, 1.807) is 13.8 Å². The van der Waals surface area contributed by atoms with Crippen molar-refractivity contribution in [3.8, 4) is 17.2 Å². The molecule has 5 rings (SSSR count). The van der Waals surface area contributed by atoms with Crippen LogP contribution in [0.4, 0.5) is 0 Å². The number of fused-ring (bicyclic) bond motifs is 3. The van der Waals surface area contributed by atoms with Gasteiger partial charge in [0.25, 0.3) is 0 Å². The van der Waals surface area contributed by atoms with Crippen molar-refractivity contribution in [3.05, 3.63) is 51.6 Å². The van der Waals surface area contributed by atoms with Gasteiger partial charge < -0.3 is 40.4 Å². The Bertz CT molecular complexity index is 1380. The van der Waals surface area contributed by atoms with Crippen molar-refractivity contribution in [2.45, 2.75) is 82.7 Å². The van der Waals surface area contributed by atoms with Crippen molar-refractivity contribution in [1.29, 1.82) is 0 Å². The van der Waals surface area contributed by atoms with Crippen molar-refractivity contribution in [3.63, 3.8) is 0 Å². The first kappa shape index (κ1) is 27.1. The highest BCUT2D eigenvalue weighted by Gasteiger charge is 2.47. The fourth-order valence-corrected chi connectivity index (χ4v) is 5.94. The van der Waals surface area contributed by atoms with E-state index in [-0.39, 0.29) is 53.5 Å². The molecule has 3 aliphatic rings. The number of hydrogen-bond donors (Lipinski definition) is 5. The Morgan fingerprint density at radius 2 is 1.82 bits per heavy atom. The fraction of sp³-hybridized carbons (Fsp3) is 0.464. The molecule has 11 nitrogen and oxygen atoms in total. The number of hydrogen-bond acceptors (Lipinski definition) is 11. The van der Waals surface area contributed by atoms with Gasteiger partial charge >= 0.3 is 5.97 Å². The van der Waals surface area contributed by atoms with Crippen LogP contribution in [0.15, 0.2) is 18.2 Å². The maximum atomic E-state index is 13.5. The maximum absolute atomic E-state index is 13.5. The van der Waals surface area contributed by atoms with Gasteiger partial charge in [0.2, 0.25) is 5.78 Å². The molecule has 2 aromatic rings. The molecule has 0 saturated carbocycles. The van der Waals surface area contributed by atoms with Crippen LogP contribution in [0, 0.1) is 0 Å². The number of phenols is 3. The molecule has 208 valence electrons. The van der Waals surface area contributed by atoms with E-state index in [4.69, 9.17) is 19.9 Å². The minimum Gasteiger partial charge on any atom is -0.507 e. The van der Waals surface area contributed by atoms with Crippen molar-refractivity contribution in [1.82, 2.24) is 0 Å². The lowest BCUT2D eigenvalue weighted by Gasteiger charge is -2.43. The van der Waals surface area contributed by atoms with Crippen LogP contribution in [0.3, 0.4) is 0 Å². The van der Waals surface area contributed by atoms with Crippen molar-refractivity contribution in [2.24, 2.45) is 5.73 Å². The molecule has 6 N–H and O–H groups in total. The van der Waals surface area contributed by atoms with E-state index >= 15 is 0 Å². The summed E-state index contributed by atoms with van der Waals surface area (Å²) < 4.78 is 17.4. The monoisotopic (exact) mass is 541 g/mol. The molecule has 0 spiro atoms. The van der Waals surface area contributed by atoms with Crippen LogP contribution >= 0.6 is 0 Å². The molecule has 0 unspecified atom stereocenters. The Morgan fingerprint density at radius 3 is 2.46 bits per heavy atom. The van der Waals surface area contributed by atoms with Crippen LogP contribution < -0.4 is 5.73 Å². The van der Waals surface area contributed by atoms with Gasteiger partial charge in [-0.15, -0.1) is 0 Å². The molecule has 39 heavy (non-hydrogen) atoms. The third-order valence-electron chi connectivity index (χ3n) is 7.94. The van der Waals surface area contributed by atoms with Crippen molar-refractivity contribution < 1.29 is 49.0 Å². The van der Waals surface area contributed by atoms with Gasteiger partial charge in [0.15, 0.2) is 12.1 Å². The average Bonchev–Trinajstić information content (AvgIpc) is 2.86. The predicted molar refractivity (Wildman–Crippen MR) is 135 cm³/mol. The first-order chi connectivity index (χ1) is 18.4. The molecule has 0 aromatic heterocycles. The molecular weight excluding hydrogens is 510 g/mol. The molecule has 2 aromatic carbocycles. The van der Waals surface area contributed by atoms with Gasteiger partial charge in [0.1, 0.15) is 23.4 Å². The van der Waals surface area contributed by atoms with Crippen LogP contribution in [0.25, 0.3) is 0 Å². The summed E-state index contributed by atoms with van der Waals surface area (Å²) in [6, 6.07) is 3.39. The van der Waals surface area contributed by atoms with E-state index in [1.165, 1.54) is 25.1 Å². The van der Waals surface area contributed by atoms with E-state index in [9.17, 15) is 34.8 Å². The fourth-order valence-electron chi connectivity index (χ4n) is 5.94. The summed E-state index contributed by atoms with van der Waals surface area (Å²) in [4.78, 5) is 38.3.